The Bertz CT molecular complexity index is 771. The zero-order valence-electron chi connectivity index (χ0n) is 15.6. The van der Waals surface area contributed by atoms with Crippen LogP contribution in [-0.2, 0) is 9.59 Å². The summed E-state index contributed by atoms with van der Waals surface area (Å²) in [5.41, 5.74) is 7.41. The van der Waals surface area contributed by atoms with Crippen LogP contribution in [0, 0.1) is 0 Å². The van der Waals surface area contributed by atoms with E-state index in [0.717, 1.165) is 49.1 Å². The lowest BCUT2D eigenvalue weighted by Gasteiger charge is -2.25. The maximum Gasteiger partial charge on any atom is 0.290 e. The number of carbonyl (C=O) groups excluding carboxylic acids is 3. The number of para-hydroxylation sites is 1. The summed E-state index contributed by atoms with van der Waals surface area (Å²) in [6, 6.07) is 7.82. The molecule has 2 fully saturated rings. The Morgan fingerprint density at radius 2 is 1.96 bits per heavy atom. The predicted octanol–water partition coefficient (Wildman–Crippen LogP) is 2.21. The Hall–Kier alpha value is -2.03. The zero-order chi connectivity index (χ0) is 19.2. The number of hydrogen-bond donors (Lipinski definition) is 2. The fourth-order valence-electron chi connectivity index (χ4n) is 3.28. The van der Waals surface area contributed by atoms with Crippen molar-refractivity contribution < 1.29 is 14.4 Å². The number of nitrogens with zero attached hydrogens (tertiary/aromatic N) is 2. The van der Waals surface area contributed by atoms with Crippen molar-refractivity contribution in [3.8, 4) is 0 Å². The maximum atomic E-state index is 12.3. The van der Waals surface area contributed by atoms with Crippen LogP contribution in [0.5, 0.6) is 0 Å². The average Bonchev–Trinajstić information content (AvgIpc) is 2.86. The predicted molar refractivity (Wildman–Crippen MR) is 114 cm³/mol. The lowest BCUT2D eigenvalue weighted by Crippen LogP contribution is -2.35. The number of anilines is 1. The van der Waals surface area contributed by atoms with Crippen LogP contribution >= 0.6 is 24.2 Å². The molecule has 3 amide bonds. The number of rotatable bonds is 5. The molecule has 0 atom stereocenters. The van der Waals surface area contributed by atoms with Gasteiger partial charge < -0.3 is 15.5 Å². The van der Waals surface area contributed by atoms with E-state index in [-0.39, 0.29) is 29.5 Å². The van der Waals surface area contributed by atoms with Gasteiger partial charge in [-0.25, -0.2) is 0 Å². The topological polar surface area (TPSA) is 95.7 Å². The van der Waals surface area contributed by atoms with Crippen molar-refractivity contribution in [3.63, 3.8) is 0 Å². The summed E-state index contributed by atoms with van der Waals surface area (Å²) in [6.45, 7) is 3.51. The Labute approximate surface area is 175 Å². The molecule has 3 N–H and O–H groups in total. The molecule has 2 saturated heterocycles. The molecule has 0 radical (unpaired) electrons. The molecule has 152 valence electrons. The number of nitrogens with one attached hydrogen (secondary N) is 1. The Kier molecular flexibility index (Phi) is 8.35. The third-order valence-electron chi connectivity index (χ3n) is 4.65. The van der Waals surface area contributed by atoms with E-state index in [9.17, 15) is 14.4 Å². The van der Waals surface area contributed by atoms with Crippen molar-refractivity contribution >= 4 is 53.0 Å². The Morgan fingerprint density at radius 3 is 2.68 bits per heavy atom. The molecule has 0 aliphatic carbocycles. The monoisotopic (exact) mass is 424 g/mol. The second kappa shape index (κ2) is 10.5. The standard InChI is InChI=1S/C19H24N4O3S.ClH/c20-8-3-7-17(24)23-10-4-9-22(11-12-23)15-6-2-1-5-14(15)13-16-18(25)21-19(26)27-16;/h1-2,5-6,13H,3-4,7-12,20H2,(H,21,25,26);1H. The van der Waals surface area contributed by atoms with Gasteiger partial charge >= 0.3 is 0 Å². The summed E-state index contributed by atoms with van der Waals surface area (Å²) < 4.78 is 0. The fourth-order valence-corrected chi connectivity index (χ4v) is 3.95. The summed E-state index contributed by atoms with van der Waals surface area (Å²) >= 11 is 0.920. The van der Waals surface area contributed by atoms with Gasteiger partial charge in [-0.2, -0.15) is 0 Å². The number of nitrogens with two attached hydrogens (primary N) is 1. The van der Waals surface area contributed by atoms with E-state index in [2.05, 4.69) is 10.2 Å². The fraction of sp³-hybridized carbons (Fsp3) is 0.421. The molecule has 1 aromatic rings. The van der Waals surface area contributed by atoms with Gasteiger partial charge in [-0.15, -0.1) is 12.4 Å². The second-order valence-corrected chi connectivity index (χ2v) is 7.54. The van der Waals surface area contributed by atoms with E-state index in [1.165, 1.54) is 0 Å². The summed E-state index contributed by atoms with van der Waals surface area (Å²) in [5.74, 6) is -0.192. The minimum atomic E-state index is -0.354. The van der Waals surface area contributed by atoms with E-state index in [0.29, 0.717) is 30.8 Å². The molecule has 0 saturated carbocycles. The van der Waals surface area contributed by atoms with Crippen LogP contribution in [-0.4, -0.2) is 54.7 Å². The van der Waals surface area contributed by atoms with E-state index < -0.39 is 0 Å². The number of benzene rings is 1. The first kappa shape index (κ1) is 22.3. The summed E-state index contributed by atoms with van der Waals surface area (Å²) in [5, 5.41) is 1.94. The van der Waals surface area contributed by atoms with Gasteiger partial charge in [0.25, 0.3) is 11.1 Å². The first-order valence-electron chi connectivity index (χ1n) is 9.15. The smallest absolute Gasteiger partial charge is 0.290 e. The first-order chi connectivity index (χ1) is 13.1. The number of imide groups is 1. The van der Waals surface area contributed by atoms with Gasteiger partial charge in [0.15, 0.2) is 0 Å². The molecule has 0 spiro atoms. The normalized spacial score (nSPS) is 18.7. The molecule has 1 aromatic carbocycles. The van der Waals surface area contributed by atoms with Crippen LogP contribution in [0.1, 0.15) is 24.8 Å². The minimum absolute atomic E-state index is 0. The molecule has 28 heavy (non-hydrogen) atoms. The molecule has 2 aliphatic rings. The van der Waals surface area contributed by atoms with Crippen LogP contribution < -0.4 is 16.0 Å². The van der Waals surface area contributed by atoms with Crippen LogP contribution in [0.25, 0.3) is 6.08 Å². The van der Waals surface area contributed by atoms with Crippen molar-refractivity contribution in [2.45, 2.75) is 19.3 Å². The van der Waals surface area contributed by atoms with Gasteiger partial charge in [-0.1, -0.05) is 18.2 Å². The molecule has 2 heterocycles. The van der Waals surface area contributed by atoms with E-state index in [4.69, 9.17) is 5.73 Å². The largest absolute Gasteiger partial charge is 0.369 e. The van der Waals surface area contributed by atoms with Crippen LogP contribution in [0.15, 0.2) is 29.2 Å². The van der Waals surface area contributed by atoms with Crippen molar-refractivity contribution in [2.24, 2.45) is 5.73 Å². The Balaban J connectivity index is 0.00000280. The van der Waals surface area contributed by atoms with Gasteiger partial charge in [-0.05, 0) is 48.9 Å². The first-order valence-corrected chi connectivity index (χ1v) is 9.97. The quantitative estimate of drug-likeness (QED) is 0.703. The average molecular weight is 425 g/mol. The lowest BCUT2D eigenvalue weighted by atomic mass is 10.1. The molecular formula is C19H25ClN4O3S. The highest BCUT2D eigenvalue weighted by molar-refractivity contribution is 8.18. The Morgan fingerprint density at radius 1 is 1.18 bits per heavy atom. The van der Waals surface area contributed by atoms with Gasteiger partial charge in [0.1, 0.15) is 0 Å². The number of hydrogen-bond acceptors (Lipinski definition) is 6. The maximum absolute atomic E-state index is 12.3. The highest BCUT2D eigenvalue weighted by Gasteiger charge is 2.26. The van der Waals surface area contributed by atoms with Crippen molar-refractivity contribution in [1.29, 1.82) is 0 Å². The lowest BCUT2D eigenvalue weighted by molar-refractivity contribution is -0.131. The van der Waals surface area contributed by atoms with E-state index in [1.54, 1.807) is 6.08 Å². The van der Waals surface area contributed by atoms with Gasteiger partial charge in [0.2, 0.25) is 5.91 Å². The molecular weight excluding hydrogens is 400 g/mol. The molecule has 0 aromatic heterocycles. The van der Waals surface area contributed by atoms with Crippen molar-refractivity contribution in [3.05, 3.63) is 34.7 Å². The SMILES string of the molecule is Cl.NCCCC(=O)N1CCCN(c2ccccc2C=C2SC(=O)NC2=O)CC1. The van der Waals surface area contributed by atoms with E-state index >= 15 is 0 Å². The molecule has 0 bridgehead atoms. The molecule has 9 heteroatoms. The van der Waals surface area contributed by atoms with Crippen molar-refractivity contribution in [1.82, 2.24) is 10.2 Å². The van der Waals surface area contributed by atoms with Crippen LogP contribution in [0.4, 0.5) is 10.5 Å². The summed E-state index contributed by atoms with van der Waals surface area (Å²) in [7, 11) is 0. The number of carbonyl (C=O) groups is 3. The summed E-state index contributed by atoms with van der Waals surface area (Å²) in [4.78, 5) is 40.1. The van der Waals surface area contributed by atoms with Gasteiger partial charge in [-0.3, -0.25) is 19.7 Å². The van der Waals surface area contributed by atoms with Gasteiger partial charge in [0, 0.05) is 38.3 Å². The molecule has 3 rings (SSSR count). The number of thioether (sulfide) groups is 1. The second-order valence-electron chi connectivity index (χ2n) is 6.52. The molecule has 0 unspecified atom stereocenters. The number of halogens is 1. The van der Waals surface area contributed by atoms with Crippen molar-refractivity contribution in [2.75, 3.05) is 37.6 Å². The van der Waals surface area contributed by atoms with Crippen LogP contribution in [0.3, 0.4) is 0 Å². The third kappa shape index (κ3) is 5.50. The minimum Gasteiger partial charge on any atom is -0.369 e. The summed E-state index contributed by atoms with van der Waals surface area (Å²) in [6.07, 6.45) is 3.86. The molecule has 2 aliphatic heterocycles. The van der Waals surface area contributed by atoms with Crippen LogP contribution in [0.2, 0.25) is 0 Å². The van der Waals surface area contributed by atoms with E-state index in [1.807, 2.05) is 29.2 Å². The zero-order valence-corrected chi connectivity index (χ0v) is 17.2. The highest BCUT2D eigenvalue weighted by atomic mass is 35.5. The highest BCUT2D eigenvalue weighted by Crippen LogP contribution is 2.30. The third-order valence-corrected chi connectivity index (χ3v) is 5.46. The van der Waals surface area contributed by atoms with Gasteiger partial charge in [0.05, 0.1) is 4.91 Å². The molecule has 7 nitrogen and oxygen atoms in total. The number of amides is 3.